The van der Waals surface area contributed by atoms with Crippen LogP contribution >= 0.6 is 11.9 Å². The second kappa shape index (κ2) is 6.55. The first-order valence-electron chi connectivity index (χ1n) is 7.76. The Balaban J connectivity index is 1.40. The van der Waals surface area contributed by atoms with Crippen molar-refractivity contribution < 1.29 is 4.76 Å². The third-order valence-corrected chi connectivity index (χ3v) is 4.87. The van der Waals surface area contributed by atoms with Crippen molar-refractivity contribution in [1.82, 2.24) is 9.71 Å². The third kappa shape index (κ3) is 3.09. The van der Waals surface area contributed by atoms with Gasteiger partial charge in [0, 0.05) is 39.6 Å². The van der Waals surface area contributed by atoms with Gasteiger partial charge in [0.05, 0.1) is 5.56 Å². The lowest BCUT2D eigenvalue weighted by Gasteiger charge is -2.10. The smallest absolute Gasteiger partial charge is 0.265 e. The first-order chi connectivity index (χ1) is 11.8. The summed E-state index contributed by atoms with van der Waals surface area (Å²) in [6.07, 6.45) is 3.60. The standard InChI is InChI=1S/C19H16N3OS/c23-22-13-17-2-1-16(11-19(17)22)15-3-5-18(6-4-15)24-21-12-14-7-9-20-10-8-14/h1-11,21H,12-13H2/q+1. The minimum atomic E-state index is 0.508. The molecule has 4 nitrogen and oxygen atoms in total. The Labute approximate surface area is 144 Å². The molecule has 2 aromatic carbocycles. The van der Waals surface area contributed by atoms with E-state index in [4.69, 9.17) is 0 Å². The number of nitrogens with zero attached hydrogens (tertiary/aromatic N) is 2. The van der Waals surface area contributed by atoms with Crippen LogP contribution in [0.25, 0.3) is 11.1 Å². The van der Waals surface area contributed by atoms with Crippen molar-refractivity contribution in [2.75, 3.05) is 0 Å². The lowest BCUT2D eigenvalue weighted by Crippen LogP contribution is -2.14. The third-order valence-electron chi connectivity index (χ3n) is 4.07. The molecule has 0 atom stereocenters. The second-order valence-electron chi connectivity index (χ2n) is 5.68. The van der Waals surface area contributed by atoms with Gasteiger partial charge >= 0.3 is 0 Å². The summed E-state index contributed by atoms with van der Waals surface area (Å²) in [6, 6.07) is 18.4. The first-order valence-corrected chi connectivity index (χ1v) is 8.58. The quantitative estimate of drug-likeness (QED) is 0.552. The average Bonchev–Trinajstić information content (AvgIpc) is 2.62. The fourth-order valence-corrected chi connectivity index (χ4v) is 3.35. The summed E-state index contributed by atoms with van der Waals surface area (Å²) in [5.74, 6) is 0. The maximum Gasteiger partial charge on any atom is 0.266 e. The number of rotatable bonds is 5. The molecule has 1 aliphatic rings. The van der Waals surface area contributed by atoms with Crippen LogP contribution in [0.1, 0.15) is 11.1 Å². The van der Waals surface area contributed by atoms with Gasteiger partial charge in [0.1, 0.15) is 0 Å². The molecule has 0 saturated carbocycles. The number of pyridine rings is 1. The van der Waals surface area contributed by atoms with E-state index in [0.29, 0.717) is 6.54 Å². The number of nitrogens with one attached hydrogen (secondary N) is 1. The number of hydrogen-bond donors (Lipinski definition) is 1. The van der Waals surface area contributed by atoms with Crippen LogP contribution in [-0.2, 0) is 13.1 Å². The van der Waals surface area contributed by atoms with Crippen LogP contribution in [0.5, 0.6) is 0 Å². The fraction of sp³-hybridized carbons (Fsp3) is 0.105. The molecule has 5 heteroatoms. The maximum absolute atomic E-state index is 11.5. The molecule has 0 aliphatic carbocycles. The summed E-state index contributed by atoms with van der Waals surface area (Å²) in [5.41, 5.74) is 5.33. The molecule has 24 heavy (non-hydrogen) atoms. The molecule has 1 aromatic heterocycles. The van der Waals surface area contributed by atoms with Gasteiger partial charge in [-0.25, -0.2) is 0 Å². The summed E-state index contributed by atoms with van der Waals surface area (Å²) in [4.78, 5) is 16.7. The topological polar surface area (TPSA) is 45.0 Å². The van der Waals surface area contributed by atoms with Crippen LogP contribution < -0.4 is 4.72 Å². The van der Waals surface area contributed by atoms with Crippen LogP contribution in [0.4, 0.5) is 5.69 Å². The second-order valence-corrected chi connectivity index (χ2v) is 6.65. The SMILES string of the molecule is O=[N+]1Cc2ccc(-c3ccc(SNCc4ccncc4)cc3)cc21. The summed E-state index contributed by atoms with van der Waals surface area (Å²) >= 11 is 1.61. The van der Waals surface area contributed by atoms with Crippen LogP contribution in [-0.4, -0.2) is 9.74 Å². The predicted molar refractivity (Wildman–Crippen MR) is 95.8 cm³/mol. The molecule has 0 amide bonds. The highest BCUT2D eigenvalue weighted by atomic mass is 32.2. The van der Waals surface area contributed by atoms with Crippen molar-refractivity contribution >= 4 is 17.6 Å². The van der Waals surface area contributed by atoms with Crippen molar-refractivity contribution in [2.45, 2.75) is 18.0 Å². The minimum Gasteiger partial charge on any atom is -0.265 e. The Bertz CT molecular complexity index is 879. The largest absolute Gasteiger partial charge is 0.266 e. The molecule has 0 radical (unpaired) electrons. The van der Waals surface area contributed by atoms with Crippen molar-refractivity contribution in [3.8, 4) is 11.1 Å². The van der Waals surface area contributed by atoms with E-state index < -0.39 is 0 Å². The molecule has 3 aromatic rings. The molecule has 0 saturated heterocycles. The summed E-state index contributed by atoms with van der Waals surface area (Å²) in [5, 5.41) is 0. The monoisotopic (exact) mass is 334 g/mol. The molecule has 0 unspecified atom stereocenters. The van der Waals surface area contributed by atoms with E-state index in [1.54, 1.807) is 24.3 Å². The minimum absolute atomic E-state index is 0.508. The fourth-order valence-electron chi connectivity index (χ4n) is 2.68. The van der Waals surface area contributed by atoms with E-state index in [2.05, 4.69) is 40.0 Å². The summed E-state index contributed by atoms with van der Waals surface area (Å²) < 4.78 is 4.38. The molecule has 0 spiro atoms. The van der Waals surface area contributed by atoms with Gasteiger partial charge in [-0.1, -0.05) is 18.2 Å². The number of aromatic nitrogens is 1. The van der Waals surface area contributed by atoms with Crippen molar-refractivity contribution in [3.63, 3.8) is 0 Å². The molecule has 118 valence electrons. The highest BCUT2D eigenvalue weighted by molar-refractivity contribution is 7.97. The van der Waals surface area contributed by atoms with E-state index in [0.717, 1.165) is 38.6 Å². The van der Waals surface area contributed by atoms with Crippen LogP contribution in [0.3, 0.4) is 0 Å². The molecule has 4 rings (SSSR count). The molecular formula is C19H16N3OS+. The summed E-state index contributed by atoms with van der Waals surface area (Å²) in [6.45, 7) is 1.30. The molecule has 0 fully saturated rings. The highest BCUT2D eigenvalue weighted by Crippen LogP contribution is 2.34. The number of benzene rings is 2. The molecular weight excluding hydrogens is 318 g/mol. The van der Waals surface area contributed by atoms with Gasteiger partial charge in [-0.2, -0.15) is 0 Å². The van der Waals surface area contributed by atoms with Gasteiger partial charge in [-0.15, -0.1) is 0 Å². The van der Waals surface area contributed by atoms with Crippen LogP contribution in [0, 0.1) is 4.91 Å². The predicted octanol–water partition coefficient (Wildman–Crippen LogP) is 4.47. The van der Waals surface area contributed by atoms with Gasteiger partial charge in [0.15, 0.2) is 0 Å². The Morgan fingerprint density at radius 2 is 1.75 bits per heavy atom. The van der Waals surface area contributed by atoms with E-state index in [-0.39, 0.29) is 0 Å². The first kappa shape index (κ1) is 15.1. The number of fused-ring (bicyclic) bond motifs is 1. The Morgan fingerprint density at radius 1 is 1.00 bits per heavy atom. The lowest BCUT2D eigenvalue weighted by atomic mass is 9.99. The maximum atomic E-state index is 11.5. The van der Waals surface area contributed by atoms with E-state index in [1.165, 1.54) is 5.56 Å². The zero-order chi connectivity index (χ0) is 16.4. The zero-order valence-electron chi connectivity index (χ0n) is 13.0. The normalized spacial score (nSPS) is 12.6. The van der Waals surface area contributed by atoms with E-state index in [1.807, 2.05) is 24.3 Å². The van der Waals surface area contributed by atoms with Crippen LogP contribution in [0.15, 0.2) is 71.9 Å². The van der Waals surface area contributed by atoms with Crippen molar-refractivity contribution in [2.24, 2.45) is 0 Å². The average molecular weight is 334 g/mol. The van der Waals surface area contributed by atoms with Gasteiger partial charge in [-0.3, -0.25) is 9.71 Å². The number of nitroso groups, excluding NO2 is 1. The Morgan fingerprint density at radius 3 is 2.50 bits per heavy atom. The molecule has 1 N–H and O–H groups in total. The van der Waals surface area contributed by atoms with Crippen molar-refractivity contribution in [3.05, 3.63) is 83.0 Å². The number of hydrogen-bond acceptors (Lipinski definition) is 4. The summed E-state index contributed by atoms with van der Waals surface area (Å²) in [7, 11) is 0. The van der Waals surface area contributed by atoms with Crippen LogP contribution in [0.2, 0.25) is 0 Å². The van der Waals surface area contributed by atoms with E-state index >= 15 is 0 Å². The van der Waals surface area contributed by atoms with Gasteiger partial charge in [0.25, 0.3) is 5.69 Å². The molecule has 2 heterocycles. The van der Waals surface area contributed by atoms with Gasteiger partial charge in [0.2, 0.25) is 6.54 Å². The zero-order valence-corrected chi connectivity index (χ0v) is 13.8. The molecule has 0 bridgehead atoms. The highest BCUT2D eigenvalue weighted by Gasteiger charge is 2.32. The van der Waals surface area contributed by atoms with E-state index in [9.17, 15) is 4.91 Å². The lowest BCUT2D eigenvalue weighted by molar-refractivity contribution is -0.510. The Kier molecular flexibility index (Phi) is 4.11. The molecule has 1 aliphatic heterocycles. The van der Waals surface area contributed by atoms with Gasteiger partial charge in [-0.05, 0) is 59.0 Å². The van der Waals surface area contributed by atoms with Crippen molar-refractivity contribution in [1.29, 1.82) is 0 Å². The Hall–Kier alpha value is -2.50. The van der Waals surface area contributed by atoms with Gasteiger partial charge < -0.3 is 0 Å².